The smallest absolute Gasteiger partial charge is 0.322 e. The van der Waals surface area contributed by atoms with Crippen molar-refractivity contribution in [1.29, 1.82) is 0 Å². The molecule has 3 aromatic rings. The van der Waals surface area contributed by atoms with Gasteiger partial charge in [0.15, 0.2) is 0 Å². The molecule has 0 spiro atoms. The minimum atomic E-state index is -0.173. The molecule has 0 atom stereocenters. The Morgan fingerprint density at radius 1 is 1.06 bits per heavy atom. The summed E-state index contributed by atoms with van der Waals surface area (Å²) in [5, 5.41) is 3.68. The maximum absolute atomic E-state index is 13.0. The number of aromatic nitrogens is 1. The van der Waals surface area contributed by atoms with Gasteiger partial charge in [-0.1, -0.05) is 30.7 Å². The van der Waals surface area contributed by atoms with Crippen LogP contribution in [0.1, 0.15) is 24.6 Å². The second kappa shape index (κ2) is 10.8. The van der Waals surface area contributed by atoms with E-state index in [1.54, 1.807) is 37.3 Å². The number of carbonyl (C=O) groups is 1. The Bertz CT molecular complexity index is 997. The van der Waals surface area contributed by atoms with Crippen LogP contribution in [0.3, 0.4) is 0 Å². The quantitative estimate of drug-likeness (QED) is 0.466. The van der Waals surface area contributed by atoms with E-state index in [9.17, 15) is 4.79 Å². The average molecular weight is 442 g/mol. The van der Waals surface area contributed by atoms with Gasteiger partial charge < -0.3 is 24.3 Å². The lowest BCUT2D eigenvalue weighted by Gasteiger charge is -2.24. The summed E-state index contributed by atoms with van der Waals surface area (Å²) in [4.78, 5) is 14.9. The van der Waals surface area contributed by atoms with E-state index < -0.39 is 0 Å². The third kappa shape index (κ3) is 6.18. The van der Waals surface area contributed by atoms with Crippen LogP contribution in [0.25, 0.3) is 0 Å². The zero-order valence-corrected chi connectivity index (χ0v) is 18.9. The van der Waals surface area contributed by atoms with Gasteiger partial charge in [-0.05, 0) is 36.2 Å². The molecule has 1 heterocycles. The number of rotatable bonds is 9. The number of ether oxygens (including phenoxy) is 2. The van der Waals surface area contributed by atoms with Crippen LogP contribution in [-0.2, 0) is 13.1 Å². The number of amides is 2. The Balaban J connectivity index is 1.74. The lowest BCUT2D eigenvalue weighted by Crippen LogP contribution is -2.35. The van der Waals surface area contributed by atoms with Gasteiger partial charge in [-0.25, -0.2) is 4.79 Å². The summed E-state index contributed by atoms with van der Waals surface area (Å²) in [6.07, 6.45) is 2.87. The Morgan fingerprint density at radius 3 is 2.45 bits per heavy atom. The molecule has 0 bridgehead atoms. The van der Waals surface area contributed by atoms with Crippen LogP contribution in [0, 0.1) is 0 Å². The lowest BCUT2D eigenvalue weighted by atomic mass is 10.2. The summed E-state index contributed by atoms with van der Waals surface area (Å²) in [5.74, 6) is 1.24. The summed E-state index contributed by atoms with van der Waals surface area (Å²) in [6.45, 7) is 3.88. The number of anilines is 1. The fourth-order valence-corrected chi connectivity index (χ4v) is 3.59. The van der Waals surface area contributed by atoms with Gasteiger partial charge in [-0.3, -0.25) is 0 Å². The normalized spacial score (nSPS) is 10.6. The van der Waals surface area contributed by atoms with Crippen LogP contribution in [0.2, 0.25) is 5.02 Å². The average Bonchev–Trinajstić information content (AvgIpc) is 3.19. The van der Waals surface area contributed by atoms with Crippen molar-refractivity contribution >= 4 is 23.3 Å². The minimum Gasteiger partial charge on any atom is -0.497 e. The van der Waals surface area contributed by atoms with Crippen LogP contribution in [0.15, 0.2) is 60.8 Å². The highest BCUT2D eigenvalue weighted by Gasteiger charge is 2.16. The number of nitrogens with one attached hydrogen (secondary N) is 1. The molecule has 1 N–H and O–H groups in total. The van der Waals surface area contributed by atoms with Gasteiger partial charge in [0.2, 0.25) is 0 Å². The van der Waals surface area contributed by atoms with E-state index in [0.717, 1.165) is 17.7 Å². The number of halogens is 1. The first-order valence-electron chi connectivity index (χ1n) is 10.2. The monoisotopic (exact) mass is 441 g/mol. The van der Waals surface area contributed by atoms with Crippen molar-refractivity contribution in [3.63, 3.8) is 0 Å². The third-order valence-electron chi connectivity index (χ3n) is 4.90. The standard InChI is InChI=1S/C24H28ClN3O3/c1-4-10-28(24(29)26-20-13-22(30-2)15-23(14-20)31-3)17-21-9-6-11-27(21)16-18-7-5-8-19(25)12-18/h5-9,11-15H,4,10,16-17H2,1-3H3,(H,26,29). The minimum absolute atomic E-state index is 0.173. The molecule has 2 amide bonds. The molecule has 1 aromatic heterocycles. The summed E-state index contributed by atoms with van der Waals surface area (Å²) < 4.78 is 12.7. The molecule has 0 radical (unpaired) electrons. The number of benzene rings is 2. The van der Waals surface area contributed by atoms with Crippen LogP contribution >= 0.6 is 11.6 Å². The van der Waals surface area contributed by atoms with Crippen LogP contribution in [-0.4, -0.2) is 36.3 Å². The van der Waals surface area contributed by atoms with E-state index in [-0.39, 0.29) is 6.03 Å². The van der Waals surface area contributed by atoms with Crippen molar-refractivity contribution < 1.29 is 14.3 Å². The lowest BCUT2D eigenvalue weighted by molar-refractivity contribution is 0.208. The highest BCUT2D eigenvalue weighted by molar-refractivity contribution is 6.30. The Kier molecular flexibility index (Phi) is 7.84. The molecule has 31 heavy (non-hydrogen) atoms. The van der Waals surface area contributed by atoms with E-state index in [2.05, 4.69) is 16.8 Å². The van der Waals surface area contributed by atoms with Gasteiger partial charge in [0, 0.05) is 53.9 Å². The van der Waals surface area contributed by atoms with Crippen molar-refractivity contribution in [2.75, 3.05) is 26.1 Å². The molecule has 0 unspecified atom stereocenters. The first-order chi connectivity index (χ1) is 15.0. The molecule has 6 nitrogen and oxygen atoms in total. The molecule has 0 saturated heterocycles. The first kappa shape index (κ1) is 22.6. The summed E-state index contributed by atoms with van der Waals surface area (Å²) >= 11 is 6.12. The third-order valence-corrected chi connectivity index (χ3v) is 5.14. The molecule has 0 fully saturated rings. The Hall–Kier alpha value is -3.12. The molecule has 7 heteroatoms. The van der Waals surface area contributed by atoms with Gasteiger partial charge in [0.1, 0.15) is 11.5 Å². The molecule has 2 aromatic carbocycles. The number of carbonyl (C=O) groups excluding carboxylic acids is 1. The van der Waals surface area contributed by atoms with Gasteiger partial charge in [-0.15, -0.1) is 0 Å². The van der Waals surface area contributed by atoms with Gasteiger partial charge in [0.25, 0.3) is 0 Å². The maximum Gasteiger partial charge on any atom is 0.322 e. The molecule has 0 saturated carbocycles. The first-order valence-corrected chi connectivity index (χ1v) is 10.6. The van der Waals surface area contributed by atoms with Crippen LogP contribution in [0.4, 0.5) is 10.5 Å². The maximum atomic E-state index is 13.0. The van der Waals surface area contributed by atoms with E-state index in [0.29, 0.717) is 41.8 Å². The molecule has 0 aliphatic heterocycles. The topological polar surface area (TPSA) is 55.7 Å². The summed E-state index contributed by atoms with van der Waals surface area (Å²) in [7, 11) is 3.16. The van der Waals surface area contributed by atoms with Crippen molar-refractivity contribution in [1.82, 2.24) is 9.47 Å². The van der Waals surface area contributed by atoms with E-state index in [1.807, 2.05) is 42.6 Å². The predicted octanol–water partition coefficient (Wildman–Crippen LogP) is 5.65. The van der Waals surface area contributed by atoms with Crippen molar-refractivity contribution in [2.45, 2.75) is 26.4 Å². The zero-order chi connectivity index (χ0) is 22.2. The largest absolute Gasteiger partial charge is 0.497 e. The van der Waals surface area contributed by atoms with Gasteiger partial charge >= 0.3 is 6.03 Å². The van der Waals surface area contributed by atoms with Gasteiger partial charge in [-0.2, -0.15) is 0 Å². The van der Waals surface area contributed by atoms with E-state index >= 15 is 0 Å². The van der Waals surface area contributed by atoms with Crippen molar-refractivity contribution in [3.05, 3.63) is 77.1 Å². The molecule has 0 aliphatic carbocycles. The number of hydrogen-bond donors (Lipinski definition) is 1. The number of nitrogens with zero attached hydrogens (tertiary/aromatic N) is 2. The summed E-state index contributed by atoms with van der Waals surface area (Å²) in [6, 6.07) is 17.0. The molecule has 3 rings (SSSR count). The highest BCUT2D eigenvalue weighted by atomic mass is 35.5. The number of methoxy groups -OCH3 is 2. The molecular weight excluding hydrogens is 414 g/mol. The predicted molar refractivity (Wildman–Crippen MR) is 124 cm³/mol. The highest BCUT2D eigenvalue weighted by Crippen LogP contribution is 2.26. The van der Waals surface area contributed by atoms with E-state index in [4.69, 9.17) is 21.1 Å². The molecule has 164 valence electrons. The van der Waals surface area contributed by atoms with Crippen molar-refractivity contribution in [3.8, 4) is 11.5 Å². The zero-order valence-electron chi connectivity index (χ0n) is 18.1. The fourth-order valence-electron chi connectivity index (χ4n) is 3.38. The molecule has 0 aliphatic rings. The van der Waals surface area contributed by atoms with Gasteiger partial charge in [0.05, 0.1) is 20.8 Å². The van der Waals surface area contributed by atoms with Crippen LogP contribution in [0.5, 0.6) is 11.5 Å². The van der Waals surface area contributed by atoms with Crippen molar-refractivity contribution in [2.24, 2.45) is 0 Å². The second-order valence-electron chi connectivity index (χ2n) is 7.21. The Labute approximate surface area is 188 Å². The number of hydrogen-bond acceptors (Lipinski definition) is 3. The van der Waals surface area contributed by atoms with Crippen LogP contribution < -0.4 is 14.8 Å². The Morgan fingerprint density at radius 2 is 1.81 bits per heavy atom. The SMILES string of the molecule is CCCN(Cc1cccn1Cc1cccc(Cl)c1)C(=O)Nc1cc(OC)cc(OC)c1. The van der Waals surface area contributed by atoms with E-state index in [1.165, 1.54) is 0 Å². The molecular formula is C24H28ClN3O3. The second-order valence-corrected chi connectivity index (χ2v) is 7.65. The fraction of sp³-hybridized carbons (Fsp3) is 0.292. The number of urea groups is 1. The summed E-state index contributed by atoms with van der Waals surface area (Å²) in [5.41, 5.74) is 2.78.